The summed E-state index contributed by atoms with van der Waals surface area (Å²) in [5.74, 6) is 0. The molecule has 0 radical (unpaired) electrons. The molecule has 0 spiro atoms. The number of hydrogen-bond donors (Lipinski definition) is 0. The smallest absolute Gasteiger partial charge is 0.138 e. The Morgan fingerprint density at radius 1 is 0.432 bits per heavy atom. The summed E-state index contributed by atoms with van der Waals surface area (Å²) in [6.45, 7) is 2.10. The lowest BCUT2D eigenvalue weighted by Gasteiger charge is -2.18. The van der Waals surface area contributed by atoms with E-state index in [9.17, 15) is 0 Å². The fourth-order valence-electron chi connectivity index (χ4n) is 6.98. The van der Waals surface area contributed by atoms with Gasteiger partial charge in [-0.2, -0.15) is 0 Å². The zero-order chi connectivity index (χ0) is 30.1. The van der Waals surface area contributed by atoms with Crippen LogP contribution in [-0.4, -0.2) is 0 Å². The maximum atomic E-state index is 8.04. The highest BCUT2D eigenvalue weighted by molar-refractivity contribution is 6.21. The number of hydrogen-bond acceptors (Lipinski definition) is 1. The van der Waals surface area contributed by atoms with E-state index in [4.69, 9.17) is 5.79 Å². The first-order chi connectivity index (χ1) is 22.1. The fraction of sp³-hybridized carbons (Fsp3) is 0.0233. The lowest BCUT2D eigenvalue weighted by molar-refractivity contribution is 0.666. The largest absolute Gasteiger partial charge is 0.456 e. The molecule has 206 valence electrons. The summed E-state index contributed by atoms with van der Waals surface area (Å²) < 4.78 is 14.2. The molecule has 1 nitrogen and oxygen atoms in total. The minimum Gasteiger partial charge on any atom is -0.456 e. The molecule has 0 fully saturated rings. The lowest BCUT2D eigenvalue weighted by Crippen LogP contribution is -1.91. The molecule has 0 N–H and O–H groups in total. The average Bonchev–Trinajstić information content (AvgIpc) is 3.46. The van der Waals surface area contributed by atoms with Crippen LogP contribution in [0.4, 0.5) is 0 Å². The van der Waals surface area contributed by atoms with Gasteiger partial charge in [0.15, 0.2) is 0 Å². The van der Waals surface area contributed by atoms with Gasteiger partial charge in [0.2, 0.25) is 0 Å². The van der Waals surface area contributed by atoms with Crippen LogP contribution in [0.1, 0.15) is 6.93 Å². The van der Waals surface area contributed by atoms with Gasteiger partial charge in [-0.15, -0.1) is 0 Å². The van der Waals surface area contributed by atoms with Gasteiger partial charge >= 0.3 is 0 Å². The number of fused-ring (bicyclic) bond motifs is 6. The molecule has 0 unspecified atom stereocenters. The van der Waals surface area contributed by atoms with Gasteiger partial charge < -0.3 is 4.42 Å². The van der Waals surface area contributed by atoms with Gasteiger partial charge in [0.25, 0.3) is 0 Å². The van der Waals surface area contributed by atoms with Crippen molar-refractivity contribution in [2.24, 2.45) is 0 Å². The second kappa shape index (κ2) is 9.69. The molecule has 0 saturated carbocycles. The van der Waals surface area contributed by atoms with Crippen molar-refractivity contribution < 1.29 is 5.79 Å². The van der Waals surface area contributed by atoms with Gasteiger partial charge in [-0.25, -0.2) is 0 Å². The molecule has 0 atom stereocenters. The maximum Gasteiger partial charge on any atom is 0.138 e. The maximum absolute atomic E-state index is 8.04. The van der Waals surface area contributed by atoms with Crippen molar-refractivity contribution in [1.29, 1.82) is 0 Å². The minimum absolute atomic E-state index is 0.534. The molecule has 1 aromatic heterocycles. The van der Waals surface area contributed by atoms with Gasteiger partial charge in [-0.05, 0) is 96.4 Å². The van der Waals surface area contributed by atoms with E-state index in [2.05, 4.69) is 140 Å². The molecule has 0 aliphatic heterocycles. The summed E-state index contributed by atoms with van der Waals surface area (Å²) in [6.07, 6.45) is 0. The lowest BCUT2D eigenvalue weighted by atomic mass is 9.85. The monoisotopic (exact) mass is 561 g/mol. The summed E-state index contributed by atoms with van der Waals surface area (Å²) in [5.41, 5.74) is 10.3. The Labute approximate surface area is 257 Å². The predicted molar refractivity (Wildman–Crippen MR) is 187 cm³/mol. The molecular weight excluding hydrogens is 532 g/mol. The second-order valence-electron chi connectivity index (χ2n) is 11.7. The summed E-state index contributed by atoms with van der Waals surface area (Å²) in [5, 5.41) is 9.49. The Balaban J connectivity index is 1.21. The third kappa shape index (κ3) is 3.80. The number of rotatable bonds is 3. The van der Waals surface area contributed by atoms with Crippen molar-refractivity contribution in [2.75, 3.05) is 0 Å². The van der Waals surface area contributed by atoms with Gasteiger partial charge in [-0.1, -0.05) is 133 Å². The molecule has 0 saturated heterocycles. The summed E-state index contributed by atoms with van der Waals surface area (Å²) in [6, 6.07) is 52.4. The van der Waals surface area contributed by atoms with Gasteiger partial charge in [0, 0.05) is 10.8 Å². The number of aryl methyl sites for hydroxylation is 1. The molecular formula is C43H28O. The molecule has 9 aromatic rings. The van der Waals surface area contributed by atoms with E-state index >= 15 is 0 Å². The number of benzene rings is 8. The van der Waals surface area contributed by atoms with Crippen molar-refractivity contribution in [2.45, 2.75) is 6.92 Å². The van der Waals surface area contributed by atoms with E-state index in [1.54, 1.807) is 0 Å². The van der Waals surface area contributed by atoms with Gasteiger partial charge in [-0.3, -0.25) is 0 Å². The van der Waals surface area contributed by atoms with Crippen molar-refractivity contribution in [3.05, 3.63) is 157 Å². The quantitative estimate of drug-likeness (QED) is 0.196. The van der Waals surface area contributed by atoms with Crippen molar-refractivity contribution in [1.82, 2.24) is 0 Å². The summed E-state index contributed by atoms with van der Waals surface area (Å²) >= 11 is 0. The molecule has 0 bridgehead atoms. The van der Waals surface area contributed by atoms with Crippen LogP contribution in [0.3, 0.4) is 0 Å². The Bertz CT molecular complexity index is 2550. The van der Waals surface area contributed by atoms with Crippen molar-refractivity contribution in [3.8, 4) is 33.4 Å². The van der Waals surface area contributed by atoms with E-state index in [1.807, 2.05) is 12.1 Å². The fourth-order valence-corrected chi connectivity index (χ4v) is 6.98. The third-order valence-corrected chi connectivity index (χ3v) is 9.11. The molecule has 1 heteroatoms. The summed E-state index contributed by atoms with van der Waals surface area (Å²) in [4.78, 5) is 0. The Hall–Kier alpha value is -5.66. The van der Waals surface area contributed by atoms with E-state index in [0.29, 0.717) is 6.04 Å². The van der Waals surface area contributed by atoms with Crippen LogP contribution in [0.25, 0.3) is 87.6 Å². The van der Waals surface area contributed by atoms with Crippen molar-refractivity contribution in [3.63, 3.8) is 0 Å². The average molecular weight is 562 g/mol. The number of para-hydroxylation sites is 1. The van der Waals surface area contributed by atoms with Crippen LogP contribution in [0, 0.1) is 6.92 Å². The molecule has 0 aliphatic carbocycles. The van der Waals surface area contributed by atoms with Gasteiger partial charge in [0.1, 0.15) is 11.2 Å². The summed E-state index contributed by atoms with van der Waals surface area (Å²) in [7, 11) is 0. The zero-order valence-corrected chi connectivity index (χ0v) is 24.3. The Morgan fingerprint density at radius 2 is 1.05 bits per heavy atom. The Kier molecular flexibility index (Phi) is 5.25. The van der Waals surface area contributed by atoms with Crippen LogP contribution in [0.2, 0.25) is 0 Å². The molecule has 1 heterocycles. The van der Waals surface area contributed by atoms with E-state index in [1.165, 1.54) is 54.9 Å². The topological polar surface area (TPSA) is 13.1 Å². The standard InChI is InChI=1S/C43H28O/c1-27-9-8-16-38-39-26-32(23-24-40(39)44-43(27)38)29-17-20-30(21-18-29)41-34-12-4-6-14-36(34)42(37-15-7-5-13-35(37)41)33-22-19-28-10-2-3-11-31(28)25-33/h2-26H,1H3/i2D. The highest BCUT2D eigenvalue weighted by Crippen LogP contribution is 2.44. The molecule has 0 aliphatic rings. The number of furan rings is 1. The first kappa shape index (κ1) is 23.9. The Morgan fingerprint density at radius 3 is 1.77 bits per heavy atom. The third-order valence-electron chi connectivity index (χ3n) is 9.11. The predicted octanol–water partition coefficient (Wildman–Crippen LogP) is 12.4. The molecule has 9 rings (SSSR count). The normalized spacial score (nSPS) is 12.1. The minimum atomic E-state index is 0.534. The van der Waals surface area contributed by atoms with Crippen LogP contribution >= 0.6 is 0 Å². The van der Waals surface area contributed by atoms with Crippen LogP contribution in [0.15, 0.2) is 156 Å². The molecule has 8 aromatic carbocycles. The van der Waals surface area contributed by atoms with Crippen LogP contribution < -0.4 is 0 Å². The molecule has 44 heavy (non-hydrogen) atoms. The SMILES string of the molecule is [2H]c1ccc2cc(-c3c4ccccc4c(-c4ccc(-c5ccc6oc7c(C)cccc7c6c5)cc4)c4ccccc34)ccc2c1. The second-order valence-corrected chi connectivity index (χ2v) is 11.7. The van der Waals surface area contributed by atoms with E-state index < -0.39 is 0 Å². The molecule has 0 amide bonds. The van der Waals surface area contributed by atoms with Crippen LogP contribution in [-0.2, 0) is 0 Å². The highest BCUT2D eigenvalue weighted by Gasteiger charge is 2.17. The van der Waals surface area contributed by atoms with E-state index in [-0.39, 0.29) is 0 Å². The van der Waals surface area contributed by atoms with Gasteiger partial charge in [0.05, 0.1) is 1.37 Å². The highest BCUT2D eigenvalue weighted by atomic mass is 16.3. The first-order valence-electron chi connectivity index (χ1n) is 15.6. The van der Waals surface area contributed by atoms with Crippen molar-refractivity contribution >= 4 is 54.3 Å². The van der Waals surface area contributed by atoms with E-state index in [0.717, 1.165) is 38.3 Å². The van der Waals surface area contributed by atoms with Crippen LogP contribution in [0.5, 0.6) is 0 Å². The zero-order valence-electron chi connectivity index (χ0n) is 25.3. The first-order valence-corrected chi connectivity index (χ1v) is 15.1.